The van der Waals surface area contributed by atoms with Crippen molar-refractivity contribution >= 4 is 24.0 Å². The van der Waals surface area contributed by atoms with E-state index in [-0.39, 0.29) is 24.8 Å². The van der Waals surface area contributed by atoms with E-state index in [0.717, 1.165) is 0 Å². The molecule has 3 N–H and O–H groups in total. The molecular weight excluding hydrogens is 240 g/mol. The third kappa shape index (κ3) is 4.34. The monoisotopic (exact) mass is 253 g/mol. The van der Waals surface area contributed by atoms with Gasteiger partial charge in [-0.1, -0.05) is 11.6 Å². The van der Waals surface area contributed by atoms with Gasteiger partial charge in [-0.05, 0) is 31.0 Å². The van der Waals surface area contributed by atoms with Gasteiger partial charge in [0, 0.05) is 23.2 Å². The third-order valence-corrected chi connectivity index (χ3v) is 2.27. The van der Waals surface area contributed by atoms with E-state index in [0.29, 0.717) is 23.4 Å². The molecule has 0 spiro atoms. The normalized spacial score (nSPS) is 12.0. The van der Waals surface area contributed by atoms with Crippen molar-refractivity contribution in [3.63, 3.8) is 0 Å². The van der Waals surface area contributed by atoms with Gasteiger partial charge in [0.15, 0.2) is 0 Å². The molecule has 0 saturated heterocycles. The molecule has 0 radical (unpaired) electrons. The van der Waals surface area contributed by atoms with E-state index < -0.39 is 6.04 Å². The first kappa shape index (κ1) is 14.6. The molecule has 1 atom stereocenters. The van der Waals surface area contributed by atoms with Gasteiger partial charge in [0.1, 0.15) is 5.82 Å². The molecule has 0 aliphatic carbocycles. The first-order chi connectivity index (χ1) is 6.65. The van der Waals surface area contributed by atoms with Gasteiger partial charge in [-0.2, -0.15) is 0 Å². The molecule has 0 unspecified atom stereocenters. The van der Waals surface area contributed by atoms with Crippen LogP contribution >= 0.6 is 24.0 Å². The van der Waals surface area contributed by atoms with E-state index >= 15 is 0 Å². The van der Waals surface area contributed by atoms with E-state index in [4.69, 9.17) is 22.4 Å². The fraction of sp³-hybridized carbons (Fsp3) is 0.400. The minimum absolute atomic E-state index is 0. The number of hydrogen-bond donors (Lipinski definition) is 2. The van der Waals surface area contributed by atoms with Crippen LogP contribution in [0.2, 0.25) is 5.02 Å². The van der Waals surface area contributed by atoms with E-state index in [1.807, 2.05) is 0 Å². The summed E-state index contributed by atoms with van der Waals surface area (Å²) in [7, 11) is 0. The molecule has 0 aliphatic heterocycles. The highest BCUT2D eigenvalue weighted by Crippen LogP contribution is 2.22. The summed E-state index contributed by atoms with van der Waals surface area (Å²) >= 11 is 5.72. The van der Waals surface area contributed by atoms with Gasteiger partial charge in [-0.3, -0.25) is 0 Å². The van der Waals surface area contributed by atoms with Gasteiger partial charge in [-0.25, -0.2) is 4.39 Å². The quantitative estimate of drug-likeness (QED) is 0.867. The molecule has 1 rings (SSSR count). The lowest BCUT2D eigenvalue weighted by atomic mass is 10.0. The number of nitrogens with two attached hydrogens (primary N) is 1. The summed E-state index contributed by atoms with van der Waals surface area (Å²) in [6.07, 6.45) is 1.11. The molecule has 0 fully saturated rings. The number of hydrogen-bond acceptors (Lipinski definition) is 2. The van der Waals surface area contributed by atoms with Crippen molar-refractivity contribution in [3.8, 4) is 0 Å². The summed E-state index contributed by atoms with van der Waals surface area (Å²) in [5.74, 6) is -0.347. The standard InChI is InChI=1S/C10H13ClFNO.ClH/c11-7-3-4-9(12)8(6-7)10(13)2-1-5-14;/h3-4,6,10,14H,1-2,5,13H2;1H/t10-;/m0./s1. The van der Waals surface area contributed by atoms with Gasteiger partial charge in [0.25, 0.3) is 0 Å². The van der Waals surface area contributed by atoms with E-state index in [9.17, 15) is 4.39 Å². The Labute approximate surface area is 99.6 Å². The van der Waals surface area contributed by atoms with Crippen LogP contribution in [0.5, 0.6) is 0 Å². The van der Waals surface area contributed by atoms with Crippen LogP contribution in [0.25, 0.3) is 0 Å². The topological polar surface area (TPSA) is 46.2 Å². The van der Waals surface area contributed by atoms with Crippen molar-refractivity contribution < 1.29 is 9.50 Å². The van der Waals surface area contributed by atoms with Crippen molar-refractivity contribution in [3.05, 3.63) is 34.6 Å². The van der Waals surface area contributed by atoms with Crippen LogP contribution in [0, 0.1) is 5.82 Å². The van der Waals surface area contributed by atoms with Crippen LogP contribution in [0.1, 0.15) is 24.4 Å². The SMILES string of the molecule is Cl.N[C@@H](CCCO)c1cc(Cl)ccc1F. The highest BCUT2D eigenvalue weighted by atomic mass is 35.5. The number of aliphatic hydroxyl groups is 1. The Balaban J connectivity index is 0.00000196. The van der Waals surface area contributed by atoms with Gasteiger partial charge in [0.05, 0.1) is 0 Å². The number of halogens is 3. The van der Waals surface area contributed by atoms with Gasteiger partial charge < -0.3 is 10.8 Å². The predicted molar refractivity (Wildman–Crippen MR) is 61.9 cm³/mol. The van der Waals surface area contributed by atoms with Crippen LogP contribution < -0.4 is 5.73 Å². The summed E-state index contributed by atoms with van der Waals surface area (Å²) in [5, 5.41) is 9.08. The molecule has 0 heterocycles. The summed E-state index contributed by atoms with van der Waals surface area (Å²) in [5.41, 5.74) is 6.15. The summed E-state index contributed by atoms with van der Waals surface area (Å²) < 4.78 is 13.2. The Hall–Kier alpha value is -0.350. The second-order valence-corrected chi connectivity index (χ2v) is 3.57. The molecule has 0 amide bonds. The average Bonchev–Trinajstić information content (AvgIpc) is 2.18. The average molecular weight is 254 g/mol. The Morgan fingerprint density at radius 2 is 2.13 bits per heavy atom. The first-order valence-corrected chi connectivity index (χ1v) is 4.84. The number of benzene rings is 1. The molecule has 0 saturated carbocycles. The second kappa shape index (κ2) is 7.01. The van der Waals surface area contributed by atoms with Crippen molar-refractivity contribution in [1.29, 1.82) is 0 Å². The minimum Gasteiger partial charge on any atom is -0.396 e. The van der Waals surface area contributed by atoms with Gasteiger partial charge in [0.2, 0.25) is 0 Å². The van der Waals surface area contributed by atoms with Crippen LogP contribution in [-0.4, -0.2) is 11.7 Å². The van der Waals surface area contributed by atoms with Crippen LogP contribution in [0.3, 0.4) is 0 Å². The maximum Gasteiger partial charge on any atom is 0.128 e. The molecule has 1 aromatic rings. The van der Waals surface area contributed by atoms with Crippen molar-refractivity contribution in [2.75, 3.05) is 6.61 Å². The Morgan fingerprint density at radius 3 is 2.73 bits per heavy atom. The zero-order valence-corrected chi connectivity index (χ0v) is 9.69. The molecule has 0 bridgehead atoms. The van der Waals surface area contributed by atoms with E-state index in [2.05, 4.69) is 0 Å². The van der Waals surface area contributed by atoms with Gasteiger partial charge >= 0.3 is 0 Å². The molecule has 0 aromatic heterocycles. The molecule has 5 heteroatoms. The second-order valence-electron chi connectivity index (χ2n) is 3.14. The lowest BCUT2D eigenvalue weighted by Crippen LogP contribution is -2.12. The smallest absolute Gasteiger partial charge is 0.128 e. The predicted octanol–water partition coefficient (Wildman–Crippen LogP) is 2.67. The zero-order chi connectivity index (χ0) is 10.6. The minimum atomic E-state index is -0.402. The van der Waals surface area contributed by atoms with Crippen molar-refractivity contribution in [2.24, 2.45) is 5.73 Å². The Bertz CT molecular complexity index is 309. The van der Waals surface area contributed by atoms with E-state index in [1.54, 1.807) is 0 Å². The van der Waals surface area contributed by atoms with Crippen LogP contribution in [-0.2, 0) is 0 Å². The van der Waals surface area contributed by atoms with Gasteiger partial charge in [-0.15, -0.1) is 12.4 Å². The largest absolute Gasteiger partial charge is 0.396 e. The fourth-order valence-corrected chi connectivity index (χ4v) is 1.45. The Kier molecular flexibility index (Phi) is 6.85. The molecule has 0 aliphatic rings. The molecular formula is C10H14Cl2FNO. The number of aliphatic hydroxyl groups excluding tert-OH is 1. The molecule has 15 heavy (non-hydrogen) atoms. The summed E-state index contributed by atoms with van der Waals surface area (Å²) in [4.78, 5) is 0. The van der Waals surface area contributed by atoms with Crippen molar-refractivity contribution in [1.82, 2.24) is 0 Å². The van der Waals surface area contributed by atoms with Crippen LogP contribution in [0.15, 0.2) is 18.2 Å². The lowest BCUT2D eigenvalue weighted by Gasteiger charge is -2.12. The molecule has 86 valence electrons. The summed E-state index contributed by atoms with van der Waals surface area (Å²) in [6.45, 7) is 0.0654. The maximum absolute atomic E-state index is 13.2. The van der Waals surface area contributed by atoms with Crippen molar-refractivity contribution in [2.45, 2.75) is 18.9 Å². The maximum atomic E-state index is 13.2. The molecule has 2 nitrogen and oxygen atoms in total. The Morgan fingerprint density at radius 1 is 1.47 bits per heavy atom. The highest BCUT2D eigenvalue weighted by molar-refractivity contribution is 6.30. The molecule has 1 aromatic carbocycles. The van der Waals surface area contributed by atoms with Crippen LogP contribution in [0.4, 0.5) is 4.39 Å². The lowest BCUT2D eigenvalue weighted by molar-refractivity contribution is 0.279. The highest BCUT2D eigenvalue weighted by Gasteiger charge is 2.11. The first-order valence-electron chi connectivity index (χ1n) is 4.46. The number of rotatable bonds is 4. The zero-order valence-electron chi connectivity index (χ0n) is 8.12. The fourth-order valence-electron chi connectivity index (χ4n) is 1.27. The van der Waals surface area contributed by atoms with E-state index in [1.165, 1.54) is 18.2 Å². The third-order valence-electron chi connectivity index (χ3n) is 2.03. The summed E-state index contributed by atoms with van der Waals surface area (Å²) in [6, 6.07) is 3.91.